The zero-order valence-electron chi connectivity index (χ0n) is 15.3. The van der Waals surface area contributed by atoms with E-state index in [1.807, 2.05) is 30.3 Å². The average Bonchev–Trinajstić information content (AvgIpc) is 2.66. The van der Waals surface area contributed by atoms with E-state index in [0.717, 1.165) is 16.3 Å². The molecule has 1 N–H and O–H groups in total. The predicted octanol–water partition coefficient (Wildman–Crippen LogP) is 3.56. The number of fused-ring (bicyclic) bond motifs is 1. The monoisotopic (exact) mass is 382 g/mol. The maximum Gasteiger partial charge on any atom is 0.251 e. The van der Waals surface area contributed by atoms with E-state index in [-0.39, 0.29) is 5.91 Å². The minimum Gasteiger partial charge on any atom is -0.348 e. The van der Waals surface area contributed by atoms with Gasteiger partial charge in [0.15, 0.2) is 0 Å². The minimum atomic E-state index is -3.33. The molecule has 0 aliphatic rings. The molecule has 1 amide bonds. The lowest BCUT2D eigenvalue weighted by Crippen LogP contribution is -2.29. The van der Waals surface area contributed by atoms with Crippen LogP contribution in [0.2, 0.25) is 0 Å². The first kappa shape index (κ1) is 18.9. The van der Waals surface area contributed by atoms with Crippen molar-refractivity contribution in [2.45, 2.75) is 13.5 Å². The molecule has 0 unspecified atom stereocenters. The molecule has 3 aromatic rings. The summed E-state index contributed by atoms with van der Waals surface area (Å²) in [5.41, 5.74) is 2.06. The van der Waals surface area contributed by atoms with E-state index in [1.54, 1.807) is 31.2 Å². The van der Waals surface area contributed by atoms with Gasteiger partial charge in [-0.25, -0.2) is 8.42 Å². The number of nitrogens with one attached hydrogen (secondary N) is 1. The van der Waals surface area contributed by atoms with Gasteiger partial charge in [-0.3, -0.25) is 9.10 Å². The van der Waals surface area contributed by atoms with Crippen LogP contribution in [0.4, 0.5) is 5.69 Å². The van der Waals surface area contributed by atoms with Gasteiger partial charge in [-0.15, -0.1) is 0 Å². The molecule has 0 fully saturated rings. The Kier molecular flexibility index (Phi) is 5.46. The van der Waals surface area contributed by atoms with E-state index < -0.39 is 10.0 Å². The lowest BCUT2D eigenvalue weighted by Gasteiger charge is -2.20. The summed E-state index contributed by atoms with van der Waals surface area (Å²) in [6.07, 6.45) is 1.17. The summed E-state index contributed by atoms with van der Waals surface area (Å²) in [7, 11) is -3.33. The highest BCUT2D eigenvalue weighted by Gasteiger charge is 2.15. The van der Waals surface area contributed by atoms with Gasteiger partial charge in [-0.1, -0.05) is 36.4 Å². The summed E-state index contributed by atoms with van der Waals surface area (Å²) in [5.74, 6) is -0.197. The van der Waals surface area contributed by atoms with E-state index in [4.69, 9.17) is 0 Å². The summed E-state index contributed by atoms with van der Waals surface area (Å²) in [6, 6.07) is 20.7. The van der Waals surface area contributed by atoms with Crippen molar-refractivity contribution in [3.05, 3.63) is 77.9 Å². The van der Waals surface area contributed by atoms with Crippen molar-refractivity contribution < 1.29 is 13.2 Å². The van der Waals surface area contributed by atoms with Crippen LogP contribution in [0.15, 0.2) is 66.7 Å². The van der Waals surface area contributed by atoms with Crippen molar-refractivity contribution in [1.82, 2.24) is 5.32 Å². The molecule has 0 heterocycles. The lowest BCUT2D eigenvalue weighted by atomic mass is 10.1. The van der Waals surface area contributed by atoms with E-state index >= 15 is 0 Å². The first-order valence-electron chi connectivity index (χ1n) is 8.72. The summed E-state index contributed by atoms with van der Waals surface area (Å²) >= 11 is 0. The second-order valence-corrected chi connectivity index (χ2v) is 8.25. The van der Waals surface area contributed by atoms with Crippen molar-refractivity contribution in [1.29, 1.82) is 0 Å². The SMILES string of the molecule is CCN(c1ccc(C(=O)NCc2ccc3ccccc3c2)cc1)S(C)(=O)=O. The standard InChI is InChI=1S/C21H22N2O3S/c1-3-23(27(2,25)26)20-12-10-18(11-13-20)21(24)22-15-16-8-9-17-6-4-5-7-19(17)14-16/h4-14H,3,15H2,1-2H3,(H,22,24). The number of sulfonamides is 1. The zero-order valence-corrected chi connectivity index (χ0v) is 16.2. The van der Waals surface area contributed by atoms with Crippen molar-refractivity contribution in [2.24, 2.45) is 0 Å². The van der Waals surface area contributed by atoms with Gasteiger partial charge in [0.1, 0.15) is 0 Å². The molecule has 0 aliphatic heterocycles. The van der Waals surface area contributed by atoms with Crippen molar-refractivity contribution in [3.63, 3.8) is 0 Å². The Bertz CT molecular complexity index is 1060. The average molecular weight is 382 g/mol. The second kappa shape index (κ2) is 7.80. The molecule has 0 saturated carbocycles. The largest absolute Gasteiger partial charge is 0.348 e. The molecule has 0 aliphatic carbocycles. The fourth-order valence-corrected chi connectivity index (χ4v) is 3.99. The lowest BCUT2D eigenvalue weighted by molar-refractivity contribution is 0.0951. The van der Waals surface area contributed by atoms with Gasteiger partial charge in [0, 0.05) is 18.7 Å². The molecule has 0 bridgehead atoms. The summed E-state index contributed by atoms with van der Waals surface area (Å²) < 4.78 is 24.9. The number of hydrogen-bond acceptors (Lipinski definition) is 3. The molecule has 6 heteroatoms. The number of nitrogens with zero attached hydrogens (tertiary/aromatic N) is 1. The van der Waals surface area contributed by atoms with Crippen LogP contribution in [-0.2, 0) is 16.6 Å². The Morgan fingerprint density at radius 3 is 2.26 bits per heavy atom. The Labute approximate surface area is 159 Å². The normalized spacial score (nSPS) is 11.3. The van der Waals surface area contributed by atoms with Crippen LogP contribution in [0, 0.1) is 0 Å². The van der Waals surface area contributed by atoms with Gasteiger partial charge < -0.3 is 5.32 Å². The smallest absolute Gasteiger partial charge is 0.251 e. The molecule has 27 heavy (non-hydrogen) atoms. The third-order valence-electron chi connectivity index (χ3n) is 4.37. The molecule has 140 valence electrons. The summed E-state index contributed by atoms with van der Waals surface area (Å²) in [6.45, 7) is 2.54. The number of hydrogen-bond donors (Lipinski definition) is 1. The number of benzene rings is 3. The van der Waals surface area contributed by atoms with E-state index in [2.05, 4.69) is 17.4 Å². The van der Waals surface area contributed by atoms with Gasteiger partial charge in [-0.05, 0) is 53.6 Å². The van der Waals surface area contributed by atoms with Crippen LogP contribution in [-0.4, -0.2) is 27.1 Å². The fraction of sp³-hybridized carbons (Fsp3) is 0.190. The van der Waals surface area contributed by atoms with Crippen molar-refractivity contribution >= 4 is 32.4 Å². The highest BCUT2D eigenvalue weighted by molar-refractivity contribution is 7.92. The molecule has 5 nitrogen and oxygen atoms in total. The van der Waals surface area contributed by atoms with Gasteiger partial charge >= 0.3 is 0 Å². The van der Waals surface area contributed by atoms with Gasteiger partial charge in [0.25, 0.3) is 5.91 Å². The van der Waals surface area contributed by atoms with Gasteiger partial charge in [0.2, 0.25) is 10.0 Å². The van der Waals surface area contributed by atoms with Crippen molar-refractivity contribution in [2.75, 3.05) is 17.1 Å². The topological polar surface area (TPSA) is 66.5 Å². The Morgan fingerprint density at radius 2 is 1.63 bits per heavy atom. The molecule has 3 rings (SSSR count). The Hall–Kier alpha value is -2.86. The molecule has 0 saturated heterocycles. The number of carbonyl (C=O) groups is 1. The minimum absolute atomic E-state index is 0.197. The fourth-order valence-electron chi connectivity index (χ4n) is 3.02. The quantitative estimate of drug-likeness (QED) is 0.709. The van der Waals surface area contributed by atoms with Crippen LogP contribution >= 0.6 is 0 Å². The first-order chi connectivity index (χ1) is 12.9. The van der Waals surface area contributed by atoms with Crippen molar-refractivity contribution in [3.8, 4) is 0 Å². The Morgan fingerprint density at radius 1 is 0.963 bits per heavy atom. The Balaban J connectivity index is 1.68. The number of amides is 1. The molecule has 0 atom stereocenters. The number of carbonyl (C=O) groups excluding carboxylic acids is 1. The zero-order chi connectivity index (χ0) is 19.4. The summed E-state index contributed by atoms with van der Waals surface area (Å²) in [4.78, 5) is 12.4. The highest BCUT2D eigenvalue weighted by atomic mass is 32.2. The summed E-state index contributed by atoms with van der Waals surface area (Å²) in [5, 5.41) is 5.20. The van der Waals surface area contributed by atoms with Crippen LogP contribution < -0.4 is 9.62 Å². The molecular formula is C21H22N2O3S. The molecule has 0 radical (unpaired) electrons. The third-order valence-corrected chi connectivity index (χ3v) is 5.64. The maximum absolute atomic E-state index is 12.4. The van der Waals surface area contributed by atoms with E-state index in [0.29, 0.717) is 24.3 Å². The molecule has 3 aromatic carbocycles. The molecule has 0 aromatic heterocycles. The van der Waals surface area contributed by atoms with Crippen LogP contribution in [0.1, 0.15) is 22.8 Å². The third kappa shape index (κ3) is 4.46. The number of rotatable bonds is 6. The number of anilines is 1. The molecule has 0 spiro atoms. The second-order valence-electron chi connectivity index (χ2n) is 6.34. The van der Waals surface area contributed by atoms with E-state index in [9.17, 15) is 13.2 Å². The van der Waals surface area contributed by atoms with E-state index in [1.165, 1.54) is 10.6 Å². The van der Waals surface area contributed by atoms with Gasteiger partial charge in [0.05, 0.1) is 11.9 Å². The maximum atomic E-state index is 12.4. The highest BCUT2D eigenvalue weighted by Crippen LogP contribution is 2.18. The predicted molar refractivity (Wildman–Crippen MR) is 109 cm³/mol. The van der Waals surface area contributed by atoms with Crippen LogP contribution in [0.3, 0.4) is 0 Å². The van der Waals surface area contributed by atoms with Gasteiger partial charge in [-0.2, -0.15) is 0 Å². The van der Waals surface area contributed by atoms with Crippen LogP contribution in [0.5, 0.6) is 0 Å². The first-order valence-corrected chi connectivity index (χ1v) is 10.6. The molecular weight excluding hydrogens is 360 g/mol. The van der Waals surface area contributed by atoms with Crippen LogP contribution in [0.25, 0.3) is 10.8 Å².